The van der Waals surface area contributed by atoms with Crippen LogP contribution in [0.1, 0.15) is 18.7 Å². The molecule has 3 nitrogen and oxygen atoms in total. The Morgan fingerprint density at radius 3 is 2.84 bits per heavy atom. The van der Waals surface area contributed by atoms with Crippen molar-refractivity contribution < 1.29 is 9.13 Å². The fourth-order valence-corrected chi connectivity index (χ4v) is 2.40. The van der Waals surface area contributed by atoms with E-state index < -0.39 is 5.82 Å². The fourth-order valence-electron chi connectivity index (χ4n) is 2.04. The molecule has 0 amide bonds. The first-order valence-corrected chi connectivity index (χ1v) is 6.97. The molecule has 1 heterocycles. The van der Waals surface area contributed by atoms with Gasteiger partial charge < -0.3 is 9.30 Å². The lowest BCUT2D eigenvalue weighted by molar-refractivity contribution is 0.191. The lowest BCUT2D eigenvalue weighted by Gasteiger charge is -2.07. The van der Waals surface area contributed by atoms with Crippen molar-refractivity contribution in [3.8, 4) is 0 Å². The predicted octanol–water partition coefficient (Wildman–Crippen LogP) is 3.99. The Morgan fingerprint density at radius 1 is 1.37 bits per heavy atom. The zero-order chi connectivity index (χ0) is 13.8. The number of alkyl halides is 1. The van der Waals surface area contributed by atoms with Crippen molar-refractivity contribution in [2.24, 2.45) is 0 Å². The van der Waals surface area contributed by atoms with Gasteiger partial charge in [0.25, 0.3) is 0 Å². The molecule has 1 aromatic carbocycles. The number of halogens is 3. The van der Waals surface area contributed by atoms with Gasteiger partial charge in [-0.05, 0) is 18.9 Å². The van der Waals surface area contributed by atoms with Crippen molar-refractivity contribution in [3.05, 3.63) is 28.8 Å². The molecule has 19 heavy (non-hydrogen) atoms. The van der Waals surface area contributed by atoms with Crippen LogP contribution in [0.15, 0.2) is 12.1 Å². The van der Waals surface area contributed by atoms with Crippen LogP contribution in [0.3, 0.4) is 0 Å². The Morgan fingerprint density at radius 2 is 2.16 bits per heavy atom. The molecule has 0 aliphatic carbocycles. The zero-order valence-corrected chi connectivity index (χ0v) is 12.1. The quantitative estimate of drug-likeness (QED) is 0.596. The molecule has 0 aliphatic heterocycles. The first-order chi connectivity index (χ1) is 9.17. The first kappa shape index (κ1) is 14.6. The molecule has 104 valence electrons. The van der Waals surface area contributed by atoms with E-state index in [-0.39, 0.29) is 10.9 Å². The Kier molecular flexibility index (Phi) is 5.02. The summed E-state index contributed by atoms with van der Waals surface area (Å²) in [6, 6.07) is 2.95. The molecule has 6 heteroatoms. The molecule has 0 aliphatic rings. The van der Waals surface area contributed by atoms with Gasteiger partial charge in [-0.15, -0.1) is 11.6 Å². The number of aromatic nitrogens is 2. The van der Waals surface area contributed by atoms with E-state index in [1.165, 1.54) is 6.07 Å². The van der Waals surface area contributed by atoms with Crippen LogP contribution in [0.2, 0.25) is 5.02 Å². The van der Waals surface area contributed by atoms with Crippen molar-refractivity contribution in [1.82, 2.24) is 9.55 Å². The van der Waals surface area contributed by atoms with Crippen LogP contribution < -0.4 is 0 Å². The maximum absolute atomic E-state index is 13.4. The minimum absolute atomic E-state index is 0.103. The summed E-state index contributed by atoms with van der Waals surface area (Å²) in [5, 5.41) is 0.103. The second kappa shape index (κ2) is 6.55. The second-order valence-electron chi connectivity index (χ2n) is 4.27. The summed E-state index contributed by atoms with van der Waals surface area (Å²) in [5.41, 5.74) is 1.41. The van der Waals surface area contributed by atoms with Crippen molar-refractivity contribution in [1.29, 1.82) is 0 Å². The van der Waals surface area contributed by atoms with Crippen molar-refractivity contribution in [3.63, 3.8) is 0 Å². The van der Waals surface area contributed by atoms with Gasteiger partial charge in [0.2, 0.25) is 0 Å². The molecule has 0 unspecified atom stereocenters. The van der Waals surface area contributed by atoms with Gasteiger partial charge in [0.1, 0.15) is 11.6 Å². The number of rotatable bonds is 6. The number of ether oxygens (including phenoxy) is 1. The Hall–Kier alpha value is -0.840. The van der Waals surface area contributed by atoms with Crippen LogP contribution in [0.4, 0.5) is 4.39 Å². The molecule has 0 N–H and O–H groups in total. The van der Waals surface area contributed by atoms with Crippen LogP contribution in [0.5, 0.6) is 0 Å². The second-order valence-corrected chi connectivity index (χ2v) is 4.94. The SMILES string of the molecule is COCCCCn1c(CCl)nc2cc(F)c(Cl)cc21. The average Bonchev–Trinajstić information content (AvgIpc) is 2.73. The van der Waals surface area contributed by atoms with Crippen molar-refractivity contribution >= 4 is 34.2 Å². The highest BCUT2D eigenvalue weighted by molar-refractivity contribution is 6.31. The summed E-state index contributed by atoms with van der Waals surface area (Å²) in [4.78, 5) is 4.33. The van der Waals surface area contributed by atoms with Gasteiger partial charge in [-0.25, -0.2) is 9.37 Å². The van der Waals surface area contributed by atoms with E-state index in [1.807, 2.05) is 4.57 Å². The smallest absolute Gasteiger partial charge is 0.144 e. The number of hydrogen-bond donors (Lipinski definition) is 0. The van der Waals surface area contributed by atoms with E-state index in [0.717, 1.165) is 37.3 Å². The van der Waals surface area contributed by atoms with Gasteiger partial charge in [-0.1, -0.05) is 11.6 Å². The lowest BCUT2D eigenvalue weighted by Crippen LogP contribution is -2.03. The van der Waals surface area contributed by atoms with Crippen LogP contribution in [0, 0.1) is 5.82 Å². The highest BCUT2D eigenvalue weighted by atomic mass is 35.5. The minimum Gasteiger partial charge on any atom is -0.385 e. The molecule has 0 atom stereocenters. The number of methoxy groups -OCH3 is 1. The molecule has 0 radical (unpaired) electrons. The molecule has 1 aromatic heterocycles. The third-order valence-electron chi connectivity index (χ3n) is 2.97. The molecule has 0 saturated carbocycles. The molecule has 0 saturated heterocycles. The fraction of sp³-hybridized carbons (Fsp3) is 0.462. The number of aryl methyl sites for hydroxylation is 1. The van der Waals surface area contributed by atoms with E-state index in [0.29, 0.717) is 5.52 Å². The topological polar surface area (TPSA) is 27.1 Å². The highest BCUT2D eigenvalue weighted by Crippen LogP contribution is 2.25. The van der Waals surface area contributed by atoms with Crippen molar-refractivity contribution in [2.75, 3.05) is 13.7 Å². The Bertz CT molecular complexity index is 571. The average molecular weight is 305 g/mol. The standard InChI is InChI=1S/C13H15Cl2FN2O/c1-19-5-3-2-4-18-12-6-9(15)10(16)7-11(12)17-13(18)8-14/h6-7H,2-5,8H2,1H3. The van der Waals surface area contributed by atoms with Gasteiger partial charge >= 0.3 is 0 Å². The van der Waals surface area contributed by atoms with Gasteiger partial charge in [-0.2, -0.15) is 0 Å². The summed E-state index contributed by atoms with van der Waals surface area (Å²) < 4.78 is 20.4. The van der Waals surface area contributed by atoms with Crippen LogP contribution in [0.25, 0.3) is 11.0 Å². The summed E-state index contributed by atoms with van der Waals surface area (Å²) in [5.74, 6) is 0.563. The molecular formula is C13H15Cl2FN2O. The van der Waals surface area contributed by atoms with E-state index in [9.17, 15) is 4.39 Å². The maximum Gasteiger partial charge on any atom is 0.144 e. The zero-order valence-electron chi connectivity index (χ0n) is 10.6. The van der Waals surface area contributed by atoms with Crippen molar-refractivity contribution in [2.45, 2.75) is 25.3 Å². The number of imidazole rings is 1. The first-order valence-electron chi connectivity index (χ1n) is 6.06. The number of nitrogens with zero attached hydrogens (tertiary/aromatic N) is 2. The molecule has 2 rings (SSSR count). The summed E-state index contributed by atoms with van der Waals surface area (Å²) in [7, 11) is 1.68. The summed E-state index contributed by atoms with van der Waals surface area (Å²) in [6.07, 6.45) is 1.89. The lowest BCUT2D eigenvalue weighted by atomic mass is 10.3. The third kappa shape index (κ3) is 3.19. The minimum atomic E-state index is -0.459. The highest BCUT2D eigenvalue weighted by Gasteiger charge is 2.12. The van der Waals surface area contributed by atoms with E-state index >= 15 is 0 Å². The predicted molar refractivity (Wildman–Crippen MR) is 75.4 cm³/mol. The van der Waals surface area contributed by atoms with E-state index in [1.54, 1.807) is 13.2 Å². The van der Waals surface area contributed by atoms with E-state index in [4.69, 9.17) is 27.9 Å². The molecule has 0 spiro atoms. The van der Waals surface area contributed by atoms with Gasteiger partial charge in [0.05, 0.1) is 21.9 Å². The third-order valence-corrected chi connectivity index (χ3v) is 3.50. The van der Waals surface area contributed by atoms with Gasteiger partial charge in [0, 0.05) is 26.3 Å². The number of unbranched alkanes of at least 4 members (excludes halogenated alkanes) is 1. The largest absolute Gasteiger partial charge is 0.385 e. The Labute approximate surface area is 121 Å². The van der Waals surface area contributed by atoms with Crippen LogP contribution in [-0.2, 0) is 17.2 Å². The molecule has 2 aromatic rings. The van der Waals surface area contributed by atoms with E-state index in [2.05, 4.69) is 4.98 Å². The van der Waals surface area contributed by atoms with Crippen LogP contribution >= 0.6 is 23.2 Å². The molecule has 0 fully saturated rings. The number of hydrogen-bond acceptors (Lipinski definition) is 2. The normalized spacial score (nSPS) is 11.4. The monoisotopic (exact) mass is 304 g/mol. The number of fused-ring (bicyclic) bond motifs is 1. The summed E-state index contributed by atoms with van der Waals surface area (Å²) in [6.45, 7) is 1.49. The van der Waals surface area contributed by atoms with Gasteiger partial charge in [-0.3, -0.25) is 0 Å². The van der Waals surface area contributed by atoms with Gasteiger partial charge in [0.15, 0.2) is 0 Å². The van der Waals surface area contributed by atoms with Crippen LogP contribution in [-0.4, -0.2) is 23.3 Å². The molecular weight excluding hydrogens is 290 g/mol. The summed E-state index contributed by atoms with van der Waals surface area (Å²) >= 11 is 11.7. The Balaban J connectivity index is 2.31. The number of benzene rings is 1. The maximum atomic E-state index is 13.4. The molecule has 0 bridgehead atoms.